The smallest absolute Gasteiger partial charge is 0.305 e. The number of carbonyl (C=O) groups excluding carboxylic acids is 2. The van der Waals surface area contributed by atoms with Crippen molar-refractivity contribution in [3.05, 3.63) is 73.1 Å². The number of amides is 2. The van der Waals surface area contributed by atoms with E-state index in [2.05, 4.69) is 20.9 Å². The quantitative estimate of drug-likeness (QED) is 0.536. The molecule has 5 rings (SSSR count). The molecule has 3 heterocycles. The molecule has 0 spiro atoms. The van der Waals surface area contributed by atoms with E-state index < -0.39 is 17.1 Å². The number of H-pyrrole nitrogens is 1. The van der Waals surface area contributed by atoms with Gasteiger partial charge in [-0.2, -0.15) is 0 Å². The van der Waals surface area contributed by atoms with Crippen molar-refractivity contribution in [3.63, 3.8) is 0 Å². The van der Waals surface area contributed by atoms with Crippen LogP contribution in [-0.4, -0.2) is 27.2 Å². The first kappa shape index (κ1) is 18.7. The molecule has 1 saturated heterocycles. The summed E-state index contributed by atoms with van der Waals surface area (Å²) >= 11 is 5.68. The minimum atomic E-state index is -0.625. The summed E-state index contributed by atoms with van der Waals surface area (Å²) in [7, 11) is 0. The average Bonchev–Trinajstić information content (AvgIpc) is 3.19. The number of rotatable bonds is 2. The number of thioether (sulfide) groups is 1. The fraction of sp³-hybridized carbons (Fsp3) is 0.150. The van der Waals surface area contributed by atoms with Crippen LogP contribution in [0, 0.1) is 5.92 Å². The monoisotopic (exact) mass is 488 g/mol. The molecule has 2 amide bonds. The first-order valence-corrected chi connectivity index (χ1v) is 11.2. The predicted octanol–water partition coefficient (Wildman–Crippen LogP) is 3.70. The van der Waals surface area contributed by atoms with Crippen LogP contribution in [0.4, 0.5) is 5.69 Å². The number of phenols is 1. The van der Waals surface area contributed by atoms with E-state index in [0.29, 0.717) is 10.7 Å². The highest BCUT2D eigenvalue weighted by molar-refractivity contribution is 9.10. The van der Waals surface area contributed by atoms with Gasteiger partial charge in [0, 0.05) is 15.3 Å². The lowest BCUT2D eigenvalue weighted by molar-refractivity contribution is -0.122. The molecule has 29 heavy (non-hydrogen) atoms. The highest BCUT2D eigenvalue weighted by Crippen LogP contribution is 2.53. The summed E-state index contributed by atoms with van der Waals surface area (Å²) in [6.07, 6.45) is 0. The number of anilines is 1. The number of fused-ring (bicyclic) bond motifs is 2. The molecule has 1 fully saturated rings. The minimum absolute atomic E-state index is 0.114. The summed E-state index contributed by atoms with van der Waals surface area (Å²) in [5.41, 5.74) is 1.31. The summed E-state index contributed by atoms with van der Waals surface area (Å²) in [5.74, 6) is -1.51. The van der Waals surface area contributed by atoms with Gasteiger partial charge in [-0.15, -0.1) is 0 Å². The standard InChI is InChI=1S/C20H13BrN2O4S2/c21-10-3-5-11(6-4-10)23-18(25)14-13(9-1-7-12(24)8-2-9)15-17(22-20(27)29-15)28-16(14)19(23)26/h1-8,13-14,16,24H,(H,22,27)/t13-,14-,16+/m0/s1. The third-order valence-electron chi connectivity index (χ3n) is 5.16. The zero-order valence-corrected chi connectivity index (χ0v) is 17.9. The van der Waals surface area contributed by atoms with Gasteiger partial charge in [0.1, 0.15) is 11.0 Å². The van der Waals surface area contributed by atoms with Crippen molar-refractivity contribution in [2.75, 3.05) is 4.90 Å². The molecule has 3 aromatic rings. The van der Waals surface area contributed by atoms with E-state index in [9.17, 15) is 19.5 Å². The van der Waals surface area contributed by atoms with Gasteiger partial charge in [-0.05, 0) is 42.0 Å². The van der Waals surface area contributed by atoms with Crippen LogP contribution >= 0.6 is 39.0 Å². The van der Waals surface area contributed by atoms with Crippen molar-refractivity contribution in [3.8, 4) is 5.75 Å². The Hall–Kier alpha value is -2.36. The average molecular weight is 489 g/mol. The fourth-order valence-corrected chi connectivity index (χ4v) is 6.68. The van der Waals surface area contributed by atoms with Crippen LogP contribution in [0.15, 0.2) is 62.8 Å². The van der Waals surface area contributed by atoms with Crippen molar-refractivity contribution >= 4 is 56.5 Å². The van der Waals surface area contributed by atoms with Crippen LogP contribution < -0.4 is 9.77 Å². The summed E-state index contributed by atoms with van der Waals surface area (Å²) in [6, 6.07) is 13.6. The van der Waals surface area contributed by atoms with E-state index in [1.54, 1.807) is 48.5 Å². The largest absolute Gasteiger partial charge is 0.508 e. The number of aromatic hydroxyl groups is 1. The SMILES string of the molecule is O=C1[C@H]2[C@H](c3ccc(O)cc3)c3sc(=O)[nH]c3S[C@H]2C(=O)N1c1ccc(Br)cc1. The molecule has 6 nitrogen and oxygen atoms in total. The molecule has 1 aromatic heterocycles. The third-order valence-corrected chi connectivity index (χ3v) is 8.09. The number of aromatic nitrogens is 1. The molecule has 0 aliphatic carbocycles. The highest BCUT2D eigenvalue weighted by Gasteiger charge is 2.56. The van der Waals surface area contributed by atoms with Crippen molar-refractivity contribution in [1.29, 1.82) is 0 Å². The van der Waals surface area contributed by atoms with Crippen LogP contribution in [0.2, 0.25) is 0 Å². The van der Waals surface area contributed by atoms with Gasteiger partial charge in [0.05, 0.1) is 16.6 Å². The van der Waals surface area contributed by atoms with E-state index in [1.165, 1.54) is 16.7 Å². The number of benzene rings is 2. The fourth-order valence-electron chi connectivity index (χ4n) is 3.90. The molecule has 0 saturated carbocycles. The number of thiazole rings is 1. The number of halogens is 1. The van der Waals surface area contributed by atoms with Crippen molar-refractivity contribution in [2.45, 2.75) is 16.2 Å². The number of hydrogen-bond acceptors (Lipinski definition) is 6. The number of nitrogens with zero attached hydrogens (tertiary/aromatic N) is 1. The topological polar surface area (TPSA) is 90.5 Å². The number of aromatic amines is 1. The Bertz CT molecular complexity index is 1190. The first-order chi connectivity index (χ1) is 13.9. The van der Waals surface area contributed by atoms with Crippen LogP contribution in [-0.2, 0) is 9.59 Å². The number of nitrogens with one attached hydrogen (secondary N) is 1. The molecule has 2 N–H and O–H groups in total. The van der Waals surface area contributed by atoms with Crippen LogP contribution in [0.25, 0.3) is 0 Å². The van der Waals surface area contributed by atoms with E-state index in [-0.39, 0.29) is 22.4 Å². The minimum Gasteiger partial charge on any atom is -0.508 e. The van der Waals surface area contributed by atoms with Crippen molar-refractivity contribution in [1.82, 2.24) is 4.98 Å². The number of phenolic OH excluding ortho intramolecular Hbond substituents is 1. The Kier molecular flexibility index (Phi) is 4.41. The van der Waals surface area contributed by atoms with Crippen molar-refractivity contribution in [2.24, 2.45) is 5.92 Å². The molecule has 146 valence electrons. The van der Waals surface area contributed by atoms with Crippen LogP contribution in [0.5, 0.6) is 5.75 Å². The first-order valence-electron chi connectivity index (χ1n) is 8.76. The molecule has 2 aliphatic heterocycles. The van der Waals surface area contributed by atoms with Crippen molar-refractivity contribution < 1.29 is 14.7 Å². The lowest BCUT2D eigenvalue weighted by Crippen LogP contribution is -2.32. The normalized spacial score (nSPS) is 23.2. The molecular weight excluding hydrogens is 476 g/mol. The lowest BCUT2D eigenvalue weighted by Gasteiger charge is -2.29. The molecule has 2 aliphatic rings. The molecule has 0 bridgehead atoms. The molecule has 9 heteroatoms. The Morgan fingerprint density at radius 1 is 0.966 bits per heavy atom. The second-order valence-corrected chi connectivity index (χ2v) is 9.91. The lowest BCUT2D eigenvalue weighted by atomic mass is 9.83. The van der Waals surface area contributed by atoms with E-state index in [1.807, 2.05) is 0 Å². The van der Waals surface area contributed by atoms with Gasteiger partial charge in [0.15, 0.2) is 0 Å². The van der Waals surface area contributed by atoms with Gasteiger partial charge >= 0.3 is 4.87 Å². The number of hydrogen-bond donors (Lipinski definition) is 2. The summed E-state index contributed by atoms with van der Waals surface area (Å²) in [5, 5.41) is 9.67. The zero-order chi connectivity index (χ0) is 20.3. The second kappa shape index (κ2) is 6.86. The Labute approximate surface area is 181 Å². The van der Waals surface area contributed by atoms with Gasteiger partial charge in [-0.3, -0.25) is 14.4 Å². The van der Waals surface area contributed by atoms with Crippen LogP contribution in [0.3, 0.4) is 0 Å². The zero-order valence-electron chi connectivity index (χ0n) is 14.7. The van der Waals surface area contributed by atoms with E-state index in [4.69, 9.17) is 0 Å². The molecule has 0 radical (unpaired) electrons. The maximum atomic E-state index is 13.4. The summed E-state index contributed by atoms with van der Waals surface area (Å²) in [4.78, 5) is 43.3. The molecule has 2 aromatic carbocycles. The highest BCUT2D eigenvalue weighted by atomic mass is 79.9. The predicted molar refractivity (Wildman–Crippen MR) is 115 cm³/mol. The number of imide groups is 1. The Morgan fingerprint density at radius 3 is 2.34 bits per heavy atom. The van der Waals surface area contributed by atoms with E-state index >= 15 is 0 Å². The third kappa shape index (κ3) is 2.95. The van der Waals surface area contributed by atoms with Gasteiger partial charge in [0.25, 0.3) is 0 Å². The second-order valence-electron chi connectivity index (χ2n) is 6.83. The van der Waals surface area contributed by atoms with Gasteiger partial charge in [-0.1, -0.05) is 51.2 Å². The Balaban J connectivity index is 1.64. The van der Waals surface area contributed by atoms with Crippen LogP contribution in [0.1, 0.15) is 16.4 Å². The summed E-state index contributed by atoms with van der Waals surface area (Å²) in [6.45, 7) is 0. The molecule has 0 unspecified atom stereocenters. The number of carbonyl (C=O) groups is 2. The van der Waals surface area contributed by atoms with Gasteiger partial charge < -0.3 is 10.1 Å². The summed E-state index contributed by atoms with van der Waals surface area (Å²) < 4.78 is 0.855. The maximum Gasteiger partial charge on any atom is 0.305 e. The molecular formula is C20H13BrN2O4S2. The molecule has 3 atom stereocenters. The van der Waals surface area contributed by atoms with Gasteiger partial charge in [0.2, 0.25) is 11.8 Å². The Morgan fingerprint density at radius 2 is 1.66 bits per heavy atom. The van der Waals surface area contributed by atoms with E-state index in [0.717, 1.165) is 26.3 Å². The van der Waals surface area contributed by atoms with Gasteiger partial charge in [-0.25, -0.2) is 4.90 Å². The maximum absolute atomic E-state index is 13.4.